The molecule has 0 N–H and O–H groups in total. The number of hydrogen-bond donors (Lipinski definition) is 0. The first-order chi connectivity index (χ1) is 7.15. The molecular formula is C12H18O3. The molecule has 1 aromatic heterocycles. The summed E-state index contributed by atoms with van der Waals surface area (Å²) in [4.78, 5) is 0. The van der Waals surface area contributed by atoms with Crippen LogP contribution in [-0.4, -0.2) is 19.3 Å². The SMILES string of the molecule is COC(c1ccc(C)o1)C1(C)CCCO1. The van der Waals surface area contributed by atoms with Crippen LogP contribution in [0, 0.1) is 6.92 Å². The van der Waals surface area contributed by atoms with E-state index in [1.54, 1.807) is 7.11 Å². The number of hydrogen-bond acceptors (Lipinski definition) is 3. The van der Waals surface area contributed by atoms with E-state index < -0.39 is 0 Å². The molecule has 2 atom stereocenters. The van der Waals surface area contributed by atoms with Crippen LogP contribution in [0.4, 0.5) is 0 Å². The van der Waals surface area contributed by atoms with Crippen LogP contribution in [0.25, 0.3) is 0 Å². The molecular weight excluding hydrogens is 192 g/mol. The van der Waals surface area contributed by atoms with Gasteiger partial charge in [0, 0.05) is 13.7 Å². The molecule has 0 spiro atoms. The van der Waals surface area contributed by atoms with Crippen LogP contribution in [-0.2, 0) is 9.47 Å². The number of rotatable bonds is 3. The summed E-state index contributed by atoms with van der Waals surface area (Å²) in [6.07, 6.45) is 2.01. The number of methoxy groups -OCH3 is 1. The first-order valence-corrected chi connectivity index (χ1v) is 5.39. The number of aryl methyl sites for hydroxylation is 1. The first kappa shape index (κ1) is 10.7. The molecule has 15 heavy (non-hydrogen) atoms. The molecule has 1 aromatic rings. The molecule has 84 valence electrons. The molecule has 0 radical (unpaired) electrons. The standard InChI is InChI=1S/C12H18O3/c1-9-5-6-10(15-9)11(13-3)12(2)7-4-8-14-12/h5-6,11H,4,7-8H2,1-3H3. The molecule has 1 fully saturated rings. The highest BCUT2D eigenvalue weighted by Gasteiger charge is 2.41. The van der Waals surface area contributed by atoms with Crippen molar-refractivity contribution in [1.29, 1.82) is 0 Å². The van der Waals surface area contributed by atoms with E-state index in [1.165, 1.54) is 0 Å². The molecule has 3 heteroatoms. The Morgan fingerprint density at radius 3 is 2.73 bits per heavy atom. The second-order valence-corrected chi connectivity index (χ2v) is 4.33. The summed E-state index contributed by atoms with van der Waals surface area (Å²) in [5, 5.41) is 0. The lowest BCUT2D eigenvalue weighted by atomic mass is 9.94. The lowest BCUT2D eigenvalue weighted by Gasteiger charge is -2.30. The minimum absolute atomic E-state index is 0.103. The third-order valence-corrected chi connectivity index (χ3v) is 3.06. The van der Waals surface area contributed by atoms with Crippen molar-refractivity contribution in [1.82, 2.24) is 0 Å². The summed E-state index contributed by atoms with van der Waals surface area (Å²) in [5.41, 5.74) is -0.237. The third-order valence-electron chi connectivity index (χ3n) is 3.06. The maximum absolute atomic E-state index is 5.77. The quantitative estimate of drug-likeness (QED) is 0.768. The van der Waals surface area contributed by atoms with Crippen LogP contribution >= 0.6 is 0 Å². The summed E-state index contributed by atoms with van der Waals surface area (Å²) in [7, 11) is 1.70. The molecule has 3 nitrogen and oxygen atoms in total. The summed E-state index contributed by atoms with van der Waals surface area (Å²) in [6.45, 7) is 4.84. The molecule has 2 rings (SSSR count). The molecule has 1 aliphatic heterocycles. The van der Waals surface area contributed by atoms with Gasteiger partial charge in [-0.1, -0.05) is 0 Å². The van der Waals surface area contributed by atoms with E-state index in [4.69, 9.17) is 13.9 Å². The van der Waals surface area contributed by atoms with Gasteiger partial charge >= 0.3 is 0 Å². The molecule has 0 aliphatic carbocycles. The van der Waals surface area contributed by atoms with E-state index in [1.807, 2.05) is 19.1 Å². The maximum Gasteiger partial charge on any atom is 0.143 e. The summed E-state index contributed by atoms with van der Waals surface area (Å²) in [5.74, 6) is 1.77. The lowest BCUT2D eigenvalue weighted by Crippen LogP contribution is -2.33. The van der Waals surface area contributed by atoms with E-state index in [9.17, 15) is 0 Å². The summed E-state index contributed by atoms with van der Waals surface area (Å²) < 4.78 is 16.9. The van der Waals surface area contributed by atoms with Gasteiger partial charge in [-0.2, -0.15) is 0 Å². The zero-order valence-corrected chi connectivity index (χ0v) is 9.58. The molecule has 2 heterocycles. The first-order valence-electron chi connectivity index (χ1n) is 5.39. The highest BCUT2D eigenvalue weighted by Crippen LogP contribution is 2.39. The third kappa shape index (κ3) is 1.94. The van der Waals surface area contributed by atoms with Gasteiger partial charge in [-0.15, -0.1) is 0 Å². The van der Waals surface area contributed by atoms with Gasteiger partial charge < -0.3 is 13.9 Å². The number of ether oxygens (including phenoxy) is 2. The van der Waals surface area contributed by atoms with Crippen molar-refractivity contribution in [3.05, 3.63) is 23.7 Å². The topological polar surface area (TPSA) is 31.6 Å². The van der Waals surface area contributed by atoms with Crippen molar-refractivity contribution in [2.24, 2.45) is 0 Å². The predicted octanol–water partition coefficient (Wildman–Crippen LogP) is 2.84. The second-order valence-electron chi connectivity index (χ2n) is 4.33. The van der Waals surface area contributed by atoms with Crippen LogP contribution in [0.5, 0.6) is 0 Å². The Kier molecular flexibility index (Phi) is 2.85. The fourth-order valence-corrected chi connectivity index (χ4v) is 2.27. The van der Waals surface area contributed by atoms with E-state index >= 15 is 0 Å². The highest BCUT2D eigenvalue weighted by molar-refractivity contribution is 5.12. The van der Waals surface area contributed by atoms with E-state index in [2.05, 4.69) is 6.92 Å². The maximum atomic E-state index is 5.77. The average Bonchev–Trinajstić information content (AvgIpc) is 2.78. The van der Waals surface area contributed by atoms with E-state index in [-0.39, 0.29) is 11.7 Å². The smallest absolute Gasteiger partial charge is 0.143 e. The van der Waals surface area contributed by atoms with Gasteiger partial charge in [0.25, 0.3) is 0 Å². The van der Waals surface area contributed by atoms with Gasteiger partial charge in [-0.25, -0.2) is 0 Å². The summed E-state index contributed by atoms with van der Waals surface area (Å²) >= 11 is 0. The van der Waals surface area contributed by atoms with Gasteiger partial charge in [-0.3, -0.25) is 0 Å². The fraction of sp³-hybridized carbons (Fsp3) is 0.667. The van der Waals surface area contributed by atoms with Crippen LogP contribution < -0.4 is 0 Å². The van der Waals surface area contributed by atoms with Crippen LogP contribution in [0.2, 0.25) is 0 Å². The fourth-order valence-electron chi connectivity index (χ4n) is 2.27. The Labute approximate surface area is 90.4 Å². The second kappa shape index (κ2) is 3.99. The van der Waals surface area contributed by atoms with Gasteiger partial charge in [-0.05, 0) is 38.8 Å². The largest absolute Gasteiger partial charge is 0.463 e. The van der Waals surface area contributed by atoms with Crippen molar-refractivity contribution in [2.75, 3.05) is 13.7 Å². The Hall–Kier alpha value is -0.800. The molecule has 1 aliphatic rings. The van der Waals surface area contributed by atoms with E-state index in [0.717, 1.165) is 31.0 Å². The van der Waals surface area contributed by atoms with Crippen molar-refractivity contribution in [3.8, 4) is 0 Å². The zero-order chi connectivity index (χ0) is 10.9. The monoisotopic (exact) mass is 210 g/mol. The molecule has 0 saturated carbocycles. The van der Waals surface area contributed by atoms with Crippen molar-refractivity contribution >= 4 is 0 Å². The molecule has 0 aromatic carbocycles. The summed E-state index contributed by atoms with van der Waals surface area (Å²) in [6, 6.07) is 3.93. The number of furan rings is 1. The minimum atomic E-state index is -0.237. The van der Waals surface area contributed by atoms with Crippen LogP contribution in [0.15, 0.2) is 16.5 Å². The lowest BCUT2D eigenvalue weighted by molar-refractivity contribution is -0.105. The Morgan fingerprint density at radius 2 is 2.27 bits per heavy atom. The average molecular weight is 210 g/mol. The van der Waals surface area contributed by atoms with Crippen molar-refractivity contribution in [2.45, 2.75) is 38.4 Å². The molecule has 2 unspecified atom stereocenters. The van der Waals surface area contributed by atoms with Crippen molar-refractivity contribution < 1.29 is 13.9 Å². The predicted molar refractivity (Wildman–Crippen MR) is 56.8 cm³/mol. The molecule has 1 saturated heterocycles. The Morgan fingerprint density at radius 1 is 1.47 bits per heavy atom. The van der Waals surface area contributed by atoms with Gasteiger partial charge in [0.15, 0.2) is 0 Å². The Bertz CT molecular complexity index is 323. The molecule has 0 bridgehead atoms. The van der Waals surface area contributed by atoms with Crippen LogP contribution in [0.1, 0.15) is 37.4 Å². The zero-order valence-electron chi connectivity index (χ0n) is 9.58. The van der Waals surface area contributed by atoms with Gasteiger partial charge in [0.05, 0.1) is 5.60 Å². The molecule has 0 amide bonds. The van der Waals surface area contributed by atoms with Gasteiger partial charge in [0.1, 0.15) is 17.6 Å². The van der Waals surface area contributed by atoms with Crippen molar-refractivity contribution in [3.63, 3.8) is 0 Å². The normalized spacial score (nSPS) is 28.2. The van der Waals surface area contributed by atoms with Gasteiger partial charge in [0.2, 0.25) is 0 Å². The highest BCUT2D eigenvalue weighted by atomic mass is 16.6. The van der Waals surface area contributed by atoms with E-state index in [0.29, 0.717) is 0 Å². The Balaban J connectivity index is 2.23. The minimum Gasteiger partial charge on any atom is -0.463 e. The van der Waals surface area contributed by atoms with Crippen LogP contribution in [0.3, 0.4) is 0 Å².